The first-order valence-corrected chi connectivity index (χ1v) is 18.5. The maximum atomic E-state index is 12.6. The number of ether oxygens (including phenoxy) is 3. The van der Waals surface area contributed by atoms with Crippen LogP contribution in [-0.4, -0.2) is 40.5 Å². The third kappa shape index (κ3) is 26.0. The summed E-state index contributed by atoms with van der Waals surface area (Å²) in [6.07, 6.45) is 20.4. The van der Waals surface area contributed by atoms with E-state index in [-0.39, 0.29) is 18.3 Å². The van der Waals surface area contributed by atoms with E-state index in [9.17, 15) is 4.39 Å². The minimum Gasteiger partial charge on any atom is -0.495 e. The lowest BCUT2D eigenvalue weighted by Crippen LogP contribution is -2.10. The van der Waals surface area contributed by atoms with E-state index in [1.54, 1.807) is 32.8 Å². The second kappa shape index (κ2) is 23.4. The lowest BCUT2D eigenvalue weighted by Gasteiger charge is -2.18. The minimum atomic E-state index is -1.29. The zero-order valence-electron chi connectivity index (χ0n) is 35.8. The molecule has 0 bridgehead atoms. The molecule has 0 amide bonds. The van der Waals surface area contributed by atoms with E-state index < -0.39 is 6.36 Å². The Morgan fingerprint density at radius 2 is 1.00 bits per heavy atom. The molecule has 304 valence electrons. The quantitative estimate of drug-likeness (QED) is 0.166. The number of rotatable bonds is 8. The van der Waals surface area contributed by atoms with Gasteiger partial charge < -0.3 is 14.2 Å². The second-order valence-electron chi connectivity index (χ2n) is 18.3. The lowest BCUT2D eigenvalue weighted by atomic mass is 9.88. The van der Waals surface area contributed by atoms with Gasteiger partial charge in [-0.15, -0.1) is 6.42 Å². The number of aromatic nitrogens is 4. The molecule has 0 saturated heterocycles. The zero-order valence-corrected chi connectivity index (χ0v) is 35.8. The van der Waals surface area contributed by atoms with Crippen molar-refractivity contribution in [2.45, 2.75) is 129 Å². The highest BCUT2D eigenvalue weighted by Gasteiger charge is 2.14. The normalized spacial score (nSPS) is 11.7. The number of pyridine rings is 4. The maximum Gasteiger partial charge on any atom is 0.235 e. The molecule has 1 atom stereocenters. The molecule has 4 heterocycles. The Hall–Kier alpha value is -4.51. The summed E-state index contributed by atoms with van der Waals surface area (Å²) < 4.78 is 27.6. The molecule has 8 heteroatoms. The Morgan fingerprint density at radius 3 is 1.38 bits per heavy atom. The highest BCUT2D eigenvalue weighted by atomic mass is 19.1. The number of hydrogen-bond acceptors (Lipinski definition) is 7. The molecule has 1 unspecified atom stereocenters. The SMILES string of the molecule is C.C#Cc1cncc(CC(C)(C)C)c1.CC(F)Oc1cncc(CC(C)(C)C)c1.COc1ccc(CC(C)(C)C)cn1.COc1cncc(CC(C)(C)C)c1. The zero-order chi connectivity index (χ0) is 41.2. The number of halogens is 1. The van der Waals surface area contributed by atoms with Crippen molar-refractivity contribution in [3.05, 3.63) is 102 Å². The summed E-state index contributed by atoms with van der Waals surface area (Å²) in [5.41, 5.74) is 6.73. The summed E-state index contributed by atoms with van der Waals surface area (Å²) in [5.74, 6) is 4.60. The molecule has 0 saturated carbocycles. The van der Waals surface area contributed by atoms with E-state index in [1.807, 2.05) is 42.9 Å². The van der Waals surface area contributed by atoms with Crippen LogP contribution in [0.25, 0.3) is 0 Å². The molecule has 0 spiro atoms. The van der Waals surface area contributed by atoms with Crippen LogP contribution in [0.1, 0.15) is 125 Å². The summed E-state index contributed by atoms with van der Waals surface area (Å²) in [4.78, 5) is 16.4. The molecule has 0 aromatic carbocycles. The van der Waals surface area contributed by atoms with Gasteiger partial charge in [0, 0.05) is 49.5 Å². The third-order valence-electron chi connectivity index (χ3n) is 6.98. The third-order valence-corrected chi connectivity index (χ3v) is 6.98. The molecule has 4 rings (SSSR count). The minimum absolute atomic E-state index is 0. The van der Waals surface area contributed by atoms with Gasteiger partial charge >= 0.3 is 0 Å². The van der Waals surface area contributed by atoms with Gasteiger partial charge in [-0.05, 0) is 87.8 Å². The Labute approximate surface area is 334 Å². The van der Waals surface area contributed by atoms with Crippen molar-refractivity contribution in [2.75, 3.05) is 14.2 Å². The monoisotopic (exact) mass is 759 g/mol. The van der Waals surface area contributed by atoms with Crippen LogP contribution >= 0.6 is 0 Å². The first-order chi connectivity index (χ1) is 24.9. The first kappa shape index (κ1) is 50.5. The molecule has 4 aromatic rings. The van der Waals surface area contributed by atoms with Gasteiger partial charge in [0.1, 0.15) is 11.5 Å². The van der Waals surface area contributed by atoms with Crippen LogP contribution in [0.4, 0.5) is 4.39 Å². The van der Waals surface area contributed by atoms with Gasteiger partial charge in [0.15, 0.2) is 0 Å². The summed E-state index contributed by atoms with van der Waals surface area (Å²) in [7, 11) is 3.30. The Balaban J connectivity index is 0.000000704. The molecule has 0 aliphatic rings. The van der Waals surface area contributed by atoms with Gasteiger partial charge in [0.05, 0.1) is 26.6 Å². The topological polar surface area (TPSA) is 79.3 Å². The lowest BCUT2D eigenvalue weighted by molar-refractivity contribution is 0.0855. The summed E-state index contributed by atoms with van der Waals surface area (Å²) in [6, 6.07) is 9.88. The highest BCUT2D eigenvalue weighted by molar-refractivity contribution is 5.32. The summed E-state index contributed by atoms with van der Waals surface area (Å²) in [6.45, 7) is 27.7. The molecule has 0 aliphatic carbocycles. The molecule has 0 aliphatic heterocycles. The molecule has 0 fully saturated rings. The van der Waals surface area contributed by atoms with Crippen molar-refractivity contribution in [1.29, 1.82) is 0 Å². The van der Waals surface area contributed by atoms with E-state index >= 15 is 0 Å². The van der Waals surface area contributed by atoms with E-state index in [1.165, 1.54) is 29.8 Å². The van der Waals surface area contributed by atoms with E-state index in [4.69, 9.17) is 20.6 Å². The molecule has 0 N–H and O–H groups in total. The van der Waals surface area contributed by atoms with E-state index in [2.05, 4.69) is 115 Å². The average Bonchev–Trinajstić information content (AvgIpc) is 3.03. The standard InChI is InChI=1S/C12H18FNO.C12H15N.2C11H17NO.CH4/c1-9(13)15-11-5-10(7-14-8-11)6-12(2,3)4;1-5-10-6-11(9-13-8-10)7-12(2,3)4;1-11(2,3)6-9-5-10(13-4)8-12-7-9;1-11(2,3)7-9-5-6-10(13-4)12-8-9;/h5,7-9H,6H2,1-4H3;1,6,8-9H,7H2,2-4H3;5,7-8H,6H2,1-4H3;5-6,8H,7H2,1-4H3;1H4. The number of hydrogen-bond donors (Lipinski definition) is 0. The fourth-order valence-electron chi connectivity index (χ4n) is 5.23. The molecular formula is C47H71FN4O3. The van der Waals surface area contributed by atoms with Crippen LogP contribution in [0.15, 0.2) is 73.7 Å². The second-order valence-corrected chi connectivity index (χ2v) is 18.3. The smallest absolute Gasteiger partial charge is 0.235 e. The van der Waals surface area contributed by atoms with Crippen LogP contribution in [0.2, 0.25) is 0 Å². The summed E-state index contributed by atoms with van der Waals surface area (Å²) >= 11 is 0. The number of terminal acetylenes is 1. The Kier molecular flexibility index (Phi) is 21.5. The van der Waals surface area contributed by atoms with Crippen LogP contribution in [0, 0.1) is 34.0 Å². The van der Waals surface area contributed by atoms with Crippen molar-refractivity contribution < 1.29 is 18.6 Å². The van der Waals surface area contributed by atoms with Crippen LogP contribution in [0.3, 0.4) is 0 Å². The number of alkyl halides is 1. The van der Waals surface area contributed by atoms with Crippen LogP contribution < -0.4 is 14.2 Å². The van der Waals surface area contributed by atoms with Crippen molar-refractivity contribution in [3.8, 4) is 29.7 Å². The fraction of sp³-hybridized carbons (Fsp3) is 0.532. The van der Waals surface area contributed by atoms with E-state index in [0.29, 0.717) is 22.5 Å². The number of nitrogens with zero attached hydrogens (tertiary/aromatic N) is 4. The molecule has 0 radical (unpaired) electrons. The average molecular weight is 759 g/mol. The summed E-state index contributed by atoms with van der Waals surface area (Å²) in [5, 5.41) is 0. The molecular weight excluding hydrogens is 688 g/mol. The largest absolute Gasteiger partial charge is 0.495 e. The van der Waals surface area contributed by atoms with Crippen LogP contribution in [0.5, 0.6) is 17.4 Å². The predicted octanol–water partition coefficient (Wildman–Crippen LogP) is 12.0. The maximum absolute atomic E-state index is 12.6. The molecule has 7 nitrogen and oxygen atoms in total. The van der Waals surface area contributed by atoms with Gasteiger partial charge in [0.2, 0.25) is 12.2 Å². The van der Waals surface area contributed by atoms with Crippen LogP contribution in [-0.2, 0) is 25.7 Å². The Morgan fingerprint density at radius 1 is 0.582 bits per heavy atom. The number of methoxy groups -OCH3 is 2. The fourth-order valence-corrected chi connectivity index (χ4v) is 5.23. The highest BCUT2D eigenvalue weighted by Crippen LogP contribution is 2.24. The van der Waals surface area contributed by atoms with Crippen molar-refractivity contribution >= 4 is 0 Å². The van der Waals surface area contributed by atoms with Gasteiger partial charge in [-0.2, -0.15) is 0 Å². The Bertz CT molecular complexity index is 1690. The van der Waals surface area contributed by atoms with Crippen molar-refractivity contribution in [1.82, 2.24) is 19.9 Å². The van der Waals surface area contributed by atoms with Crippen molar-refractivity contribution in [2.24, 2.45) is 21.7 Å². The van der Waals surface area contributed by atoms with Gasteiger partial charge in [-0.25, -0.2) is 9.37 Å². The van der Waals surface area contributed by atoms with Crippen molar-refractivity contribution in [3.63, 3.8) is 0 Å². The van der Waals surface area contributed by atoms with Gasteiger partial charge in [0.25, 0.3) is 0 Å². The molecule has 4 aromatic heterocycles. The van der Waals surface area contributed by atoms with E-state index in [0.717, 1.165) is 42.6 Å². The van der Waals surface area contributed by atoms with Gasteiger partial charge in [-0.3, -0.25) is 15.0 Å². The van der Waals surface area contributed by atoms with Gasteiger partial charge in [-0.1, -0.05) is 102 Å². The molecule has 55 heavy (non-hydrogen) atoms. The first-order valence-electron chi connectivity index (χ1n) is 18.5. The predicted molar refractivity (Wildman–Crippen MR) is 229 cm³/mol.